The first-order valence-corrected chi connectivity index (χ1v) is 10.4. The molecule has 6 heteroatoms. The molecule has 2 aromatic carbocycles. The molecule has 0 atom stereocenters. The zero-order valence-electron chi connectivity index (χ0n) is 16.6. The number of anilines is 2. The van der Waals surface area contributed by atoms with Crippen molar-refractivity contribution >= 4 is 34.5 Å². The van der Waals surface area contributed by atoms with Crippen LogP contribution in [0, 0.1) is 6.92 Å². The SMILES string of the molecule is CCN(CC(=O)Nc1ccccc1C(=O)Nc1cccc(C)c1)Cc1cccs1. The van der Waals surface area contributed by atoms with E-state index in [4.69, 9.17) is 0 Å². The van der Waals surface area contributed by atoms with Crippen LogP contribution in [-0.4, -0.2) is 29.8 Å². The predicted octanol–water partition coefficient (Wildman–Crippen LogP) is 4.77. The molecule has 0 saturated carbocycles. The minimum atomic E-state index is -0.252. The van der Waals surface area contributed by atoms with Crippen molar-refractivity contribution in [3.63, 3.8) is 0 Å². The van der Waals surface area contributed by atoms with Crippen molar-refractivity contribution in [2.45, 2.75) is 20.4 Å². The summed E-state index contributed by atoms with van der Waals surface area (Å²) in [6.45, 7) is 5.77. The van der Waals surface area contributed by atoms with Crippen LogP contribution in [0.2, 0.25) is 0 Å². The fraction of sp³-hybridized carbons (Fsp3) is 0.217. The third-order valence-electron chi connectivity index (χ3n) is 4.50. The molecule has 0 bridgehead atoms. The second-order valence-corrected chi connectivity index (χ2v) is 7.83. The van der Waals surface area contributed by atoms with Gasteiger partial charge in [-0.25, -0.2) is 0 Å². The third kappa shape index (κ3) is 6.01. The monoisotopic (exact) mass is 407 g/mol. The molecule has 0 aliphatic heterocycles. The summed E-state index contributed by atoms with van der Waals surface area (Å²) in [7, 11) is 0. The molecule has 0 radical (unpaired) electrons. The highest BCUT2D eigenvalue weighted by atomic mass is 32.1. The maximum absolute atomic E-state index is 12.7. The van der Waals surface area contributed by atoms with E-state index in [-0.39, 0.29) is 18.4 Å². The summed E-state index contributed by atoms with van der Waals surface area (Å²) in [6, 6.07) is 18.7. The van der Waals surface area contributed by atoms with E-state index in [0.717, 1.165) is 24.3 Å². The van der Waals surface area contributed by atoms with Gasteiger partial charge in [0.2, 0.25) is 5.91 Å². The van der Waals surface area contributed by atoms with E-state index in [1.54, 1.807) is 29.5 Å². The Morgan fingerprint density at radius 1 is 1.00 bits per heavy atom. The molecule has 0 fully saturated rings. The van der Waals surface area contributed by atoms with Crippen molar-refractivity contribution < 1.29 is 9.59 Å². The highest BCUT2D eigenvalue weighted by molar-refractivity contribution is 7.09. The molecule has 1 heterocycles. The maximum atomic E-state index is 12.7. The summed E-state index contributed by atoms with van der Waals surface area (Å²) >= 11 is 1.68. The number of carbonyl (C=O) groups excluding carboxylic acids is 2. The average molecular weight is 408 g/mol. The first-order chi connectivity index (χ1) is 14.0. The molecule has 0 unspecified atom stereocenters. The fourth-order valence-electron chi connectivity index (χ4n) is 3.01. The summed E-state index contributed by atoms with van der Waals surface area (Å²) in [5.41, 5.74) is 2.73. The van der Waals surface area contributed by atoms with Crippen molar-refractivity contribution in [1.82, 2.24) is 4.90 Å². The fourth-order valence-corrected chi connectivity index (χ4v) is 3.75. The van der Waals surface area contributed by atoms with Gasteiger partial charge in [-0.2, -0.15) is 0 Å². The first-order valence-electron chi connectivity index (χ1n) is 9.57. The van der Waals surface area contributed by atoms with E-state index in [1.807, 2.05) is 55.6 Å². The van der Waals surface area contributed by atoms with Crippen LogP contribution in [0.15, 0.2) is 66.0 Å². The Balaban J connectivity index is 1.66. The molecule has 1 aromatic heterocycles. The van der Waals surface area contributed by atoms with Crippen LogP contribution >= 0.6 is 11.3 Å². The number of aryl methyl sites for hydroxylation is 1. The van der Waals surface area contributed by atoms with Gasteiger partial charge in [0.25, 0.3) is 5.91 Å². The molecule has 2 amide bonds. The number of carbonyl (C=O) groups is 2. The Kier molecular flexibility index (Phi) is 7.16. The molecule has 3 rings (SSSR count). The Hall–Kier alpha value is -2.96. The van der Waals surface area contributed by atoms with Gasteiger partial charge in [-0.15, -0.1) is 11.3 Å². The topological polar surface area (TPSA) is 61.4 Å². The molecule has 2 N–H and O–H groups in total. The van der Waals surface area contributed by atoms with E-state index in [0.29, 0.717) is 11.3 Å². The van der Waals surface area contributed by atoms with Gasteiger partial charge in [-0.05, 0) is 54.7 Å². The van der Waals surface area contributed by atoms with Gasteiger partial charge in [-0.3, -0.25) is 14.5 Å². The molecule has 29 heavy (non-hydrogen) atoms. The molecule has 150 valence electrons. The van der Waals surface area contributed by atoms with Gasteiger partial charge in [0.05, 0.1) is 17.8 Å². The van der Waals surface area contributed by atoms with E-state index in [1.165, 1.54) is 4.88 Å². The molecular formula is C23H25N3O2S. The Bertz CT molecular complexity index is 970. The smallest absolute Gasteiger partial charge is 0.257 e. The van der Waals surface area contributed by atoms with Crippen molar-refractivity contribution in [3.05, 3.63) is 82.0 Å². The number of likely N-dealkylation sites (N-methyl/N-ethyl adjacent to an activating group) is 1. The quantitative estimate of drug-likeness (QED) is 0.565. The number of benzene rings is 2. The van der Waals surface area contributed by atoms with Gasteiger partial charge < -0.3 is 10.6 Å². The van der Waals surface area contributed by atoms with Crippen LogP contribution in [0.3, 0.4) is 0 Å². The second kappa shape index (κ2) is 10.0. The van der Waals surface area contributed by atoms with E-state index in [9.17, 15) is 9.59 Å². The standard InChI is InChI=1S/C23H25N3O2S/c1-3-26(15-19-10-7-13-29-19)16-22(27)25-21-12-5-4-11-20(21)23(28)24-18-9-6-8-17(2)14-18/h4-14H,3,15-16H2,1-2H3,(H,24,28)(H,25,27). The van der Waals surface area contributed by atoms with E-state index >= 15 is 0 Å². The normalized spacial score (nSPS) is 10.7. The second-order valence-electron chi connectivity index (χ2n) is 6.80. The zero-order chi connectivity index (χ0) is 20.6. The van der Waals surface area contributed by atoms with E-state index in [2.05, 4.69) is 21.6 Å². The lowest BCUT2D eigenvalue weighted by Crippen LogP contribution is -2.33. The van der Waals surface area contributed by atoms with Crippen molar-refractivity contribution in [2.75, 3.05) is 23.7 Å². The number of nitrogens with zero attached hydrogens (tertiary/aromatic N) is 1. The van der Waals surface area contributed by atoms with Gasteiger partial charge >= 0.3 is 0 Å². The summed E-state index contributed by atoms with van der Waals surface area (Å²) in [4.78, 5) is 28.6. The highest BCUT2D eigenvalue weighted by Crippen LogP contribution is 2.18. The van der Waals surface area contributed by atoms with Crippen LogP contribution in [0.25, 0.3) is 0 Å². The Labute approximate surface area is 175 Å². The van der Waals surface area contributed by atoms with Gasteiger partial charge in [-0.1, -0.05) is 37.3 Å². The van der Waals surface area contributed by atoms with Gasteiger partial charge in [0.15, 0.2) is 0 Å². The number of hydrogen-bond donors (Lipinski definition) is 2. The van der Waals surface area contributed by atoms with Crippen LogP contribution in [0.4, 0.5) is 11.4 Å². The average Bonchev–Trinajstić information content (AvgIpc) is 3.21. The van der Waals surface area contributed by atoms with Crippen LogP contribution in [0.1, 0.15) is 27.7 Å². The van der Waals surface area contributed by atoms with Gasteiger partial charge in [0.1, 0.15) is 0 Å². The number of para-hydroxylation sites is 1. The van der Waals surface area contributed by atoms with Crippen molar-refractivity contribution in [2.24, 2.45) is 0 Å². The van der Waals surface area contributed by atoms with Crippen LogP contribution in [0.5, 0.6) is 0 Å². The summed E-state index contributed by atoms with van der Waals surface area (Å²) < 4.78 is 0. The number of thiophene rings is 1. The Morgan fingerprint density at radius 3 is 2.55 bits per heavy atom. The zero-order valence-corrected chi connectivity index (χ0v) is 17.5. The summed E-state index contributed by atoms with van der Waals surface area (Å²) in [5, 5.41) is 7.82. The minimum Gasteiger partial charge on any atom is -0.324 e. The summed E-state index contributed by atoms with van der Waals surface area (Å²) in [5.74, 6) is -0.392. The first kappa shape index (κ1) is 20.8. The number of nitrogens with one attached hydrogen (secondary N) is 2. The van der Waals surface area contributed by atoms with E-state index < -0.39 is 0 Å². The molecule has 0 spiro atoms. The van der Waals surface area contributed by atoms with Crippen LogP contribution < -0.4 is 10.6 Å². The number of rotatable bonds is 8. The number of amides is 2. The lowest BCUT2D eigenvalue weighted by atomic mass is 10.1. The predicted molar refractivity (Wildman–Crippen MR) is 119 cm³/mol. The molecular weight excluding hydrogens is 382 g/mol. The van der Waals surface area contributed by atoms with Crippen molar-refractivity contribution in [3.8, 4) is 0 Å². The lowest BCUT2D eigenvalue weighted by Gasteiger charge is -2.19. The van der Waals surface area contributed by atoms with Crippen LogP contribution in [-0.2, 0) is 11.3 Å². The molecule has 3 aromatic rings. The van der Waals surface area contributed by atoms with Gasteiger partial charge in [0, 0.05) is 17.1 Å². The molecule has 0 aliphatic carbocycles. The molecule has 0 aliphatic rings. The lowest BCUT2D eigenvalue weighted by molar-refractivity contribution is -0.117. The van der Waals surface area contributed by atoms with Crippen molar-refractivity contribution in [1.29, 1.82) is 0 Å². The minimum absolute atomic E-state index is 0.140. The molecule has 5 nitrogen and oxygen atoms in total. The summed E-state index contributed by atoms with van der Waals surface area (Å²) in [6.07, 6.45) is 0. The highest BCUT2D eigenvalue weighted by Gasteiger charge is 2.15. The number of hydrogen-bond acceptors (Lipinski definition) is 4. The third-order valence-corrected chi connectivity index (χ3v) is 5.36. The maximum Gasteiger partial charge on any atom is 0.257 e. The molecule has 0 saturated heterocycles. The largest absolute Gasteiger partial charge is 0.324 e. The Morgan fingerprint density at radius 2 is 1.83 bits per heavy atom.